The van der Waals surface area contributed by atoms with Gasteiger partial charge in [-0.15, -0.1) is 0 Å². The summed E-state index contributed by atoms with van der Waals surface area (Å²) in [5.41, 5.74) is 0. The first-order valence-corrected chi connectivity index (χ1v) is 6.50. The van der Waals surface area contributed by atoms with Crippen molar-refractivity contribution in [1.82, 2.24) is 4.90 Å². The van der Waals surface area contributed by atoms with E-state index in [4.69, 9.17) is 0 Å². The molecule has 2 aliphatic rings. The van der Waals surface area contributed by atoms with Crippen molar-refractivity contribution in [3.63, 3.8) is 0 Å². The smallest absolute Gasteiger partial charge is 0.000986 e. The summed E-state index contributed by atoms with van der Waals surface area (Å²) in [4.78, 5) is 2.71. The van der Waals surface area contributed by atoms with Gasteiger partial charge in [-0.05, 0) is 56.5 Å². The van der Waals surface area contributed by atoms with Crippen LogP contribution < -0.4 is 0 Å². The Balaban J connectivity index is 1.64. The Morgan fingerprint density at radius 3 is 2.21 bits per heavy atom. The fourth-order valence-corrected chi connectivity index (χ4v) is 3.16. The fraction of sp³-hybridized carbons (Fsp3) is 1.00. The maximum atomic E-state index is 2.71. The summed E-state index contributed by atoms with van der Waals surface area (Å²) < 4.78 is 0. The molecule has 1 saturated heterocycles. The van der Waals surface area contributed by atoms with Crippen LogP contribution in [-0.4, -0.2) is 24.5 Å². The van der Waals surface area contributed by atoms with Gasteiger partial charge in [0, 0.05) is 6.54 Å². The highest BCUT2D eigenvalue weighted by Crippen LogP contribution is 2.34. The minimum atomic E-state index is 1.02. The van der Waals surface area contributed by atoms with Gasteiger partial charge in [0.15, 0.2) is 0 Å². The number of hydrogen-bond donors (Lipinski definition) is 0. The standard InChI is InChI=1S/C13H25N/c1-3-12-4-6-14(7-5-12)10-13-8-11(2)9-13/h11-13H,3-10H2,1-2H3. The van der Waals surface area contributed by atoms with Gasteiger partial charge in [-0.1, -0.05) is 20.3 Å². The number of hydrogen-bond acceptors (Lipinski definition) is 1. The molecule has 1 heteroatoms. The first-order chi connectivity index (χ1) is 6.78. The molecular weight excluding hydrogens is 170 g/mol. The van der Waals surface area contributed by atoms with Crippen molar-refractivity contribution < 1.29 is 0 Å². The third-order valence-electron chi connectivity index (χ3n) is 4.27. The quantitative estimate of drug-likeness (QED) is 0.668. The highest BCUT2D eigenvalue weighted by atomic mass is 15.1. The van der Waals surface area contributed by atoms with E-state index in [1.165, 1.54) is 51.7 Å². The Morgan fingerprint density at radius 2 is 1.71 bits per heavy atom. The highest BCUT2D eigenvalue weighted by Gasteiger charge is 2.28. The average Bonchev–Trinajstić information content (AvgIpc) is 2.17. The molecule has 2 rings (SSSR count). The van der Waals surface area contributed by atoms with Crippen LogP contribution in [0.15, 0.2) is 0 Å². The number of nitrogens with zero attached hydrogens (tertiary/aromatic N) is 1. The van der Waals surface area contributed by atoms with Crippen LogP contribution in [0.3, 0.4) is 0 Å². The Morgan fingerprint density at radius 1 is 1.07 bits per heavy atom. The van der Waals surface area contributed by atoms with Gasteiger partial charge in [0.05, 0.1) is 0 Å². The SMILES string of the molecule is CCC1CCN(CC2CC(C)C2)CC1. The van der Waals surface area contributed by atoms with E-state index in [1.54, 1.807) is 0 Å². The minimum Gasteiger partial charge on any atom is -0.303 e. The Hall–Kier alpha value is -0.0400. The Bertz CT molecular complexity index is 164. The van der Waals surface area contributed by atoms with Crippen molar-refractivity contribution in [3.8, 4) is 0 Å². The van der Waals surface area contributed by atoms with Crippen LogP contribution in [-0.2, 0) is 0 Å². The molecule has 14 heavy (non-hydrogen) atoms. The lowest BCUT2D eigenvalue weighted by molar-refractivity contribution is 0.104. The predicted molar refractivity (Wildman–Crippen MR) is 61.3 cm³/mol. The molecule has 0 radical (unpaired) electrons. The van der Waals surface area contributed by atoms with Gasteiger partial charge in [0.1, 0.15) is 0 Å². The van der Waals surface area contributed by atoms with Crippen molar-refractivity contribution >= 4 is 0 Å². The zero-order valence-electron chi connectivity index (χ0n) is 9.84. The molecule has 1 aliphatic carbocycles. The third-order valence-corrected chi connectivity index (χ3v) is 4.27. The van der Waals surface area contributed by atoms with Gasteiger partial charge in [0.2, 0.25) is 0 Å². The Labute approximate surface area is 88.9 Å². The van der Waals surface area contributed by atoms with Crippen LogP contribution in [0.4, 0.5) is 0 Å². The molecule has 0 aromatic heterocycles. The second-order valence-corrected chi connectivity index (χ2v) is 5.59. The molecule has 0 N–H and O–H groups in total. The summed E-state index contributed by atoms with van der Waals surface area (Å²) in [5.74, 6) is 3.10. The summed E-state index contributed by atoms with van der Waals surface area (Å²) in [6, 6.07) is 0. The predicted octanol–water partition coefficient (Wildman–Crippen LogP) is 3.15. The van der Waals surface area contributed by atoms with E-state index in [9.17, 15) is 0 Å². The highest BCUT2D eigenvalue weighted by molar-refractivity contribution is 4.81. The van der Waals surface area contributed by atoms with Gasteiger partial charge in [-0.25, -0.2) is 0 Å². The lowest BCUT2D eigenvalue weighted by atomic mass is 9.75. The summed E-state index contributed by atoms with van der Waals surface area (Å²) in [6.07, 6.45) is 7.30. The van der Waals surface area contributed by atoms with E-state index in [1.807, 2.05) is 0 Å². The zero-order valence-corrected chi connectivity index (χ0v) is 9.84. The van der Waals surface area contributed by atoms with E-state index >= 15 is 0 Å². The second kappa shape index (κ2) is 4.65. The first-order valence-electron chi connectivity index (χ1n) is 6.50. The molecule has 0 amide bonds. The van der Waals surface area contributed by atoms with Crippen molar-refractivity contribution in [3.05, 3.63) is 0 Å². The van der Waals surface area contributed by atoms with E-state index in [2.05, 4.69) is 18.7 Å². The first kappa shape index (κ1) is 10.5. The number of rotatable bonds is 3. The van der Waals surface area contributed by atoms with Crippen molar-refractivity contribution in [2.45, 2.75) is 46.0 Å². The van der Waals surface area contributed by atoms with Crippen molar-refractivity contribution in [1.29, 1.82) is 0 Å². The molecular formula is C13H25N. The molecule has 1 saturated carbocycles. The lowest BCUT2D eigenvalue weighted by Crippen LogP contribution is -2.40. The summed E-state index contributed by atoms with van der Waals surface area (Å²) in [5, 5.41) is 0. The number of piperidine rings is 1. The molecule has 0 spiro atoms. The van der Waals surface area contributed by atoms with E-state index < -0.39 is 0 Å². The molecule has 0 unspecified atom stereocenters. The van der Waals surface area contributed by atoms with Crippen molar-refractivity contribution in [2.75, 3.05) is 19.6 Å². The Kier molecular flexibility index (Phi) is 3.48. The van der Waals surface area contributed by atoms with Gasteiger partial charge in [0.25, 0.3) is 0 Å². The molecule has 0 aromatic rings. The van der Waals surface area contributed by atoms with Crippen LogP contribution in [0.5, 0.6) is 0 Å². The zero-order chi connectivity index (χ0) is 9.97. The summed E-state index contributed by atoms with van der Waals surface area (Å²) >= 11 is 0. The van der Waals surface area contributed by atoms with E-state index in [0.29, 0.717) is 0 Å². The topological polar surface area (TPSA) is 3.24 Å². The van der Waals surface area contributed by atoms with Gasteiger partial charge >= 0.3 is 0 Å². The van der Waals surface area contributed by atoms with Crippen LogP contribution in [0.2, 0.25) is 0 Å². The molecule has 1 aliphatic heterocycles. The normalized spacial score (nSPS) is 35.6. The lowest BCUT2D eigenvalue weighted by Gasteiger charge is -2.39. The third kappa shape index (κ3) is 2.50. The minimum absolute atomic E-state index is 1.02. The van der Waals surface area contributed by atoms with Gasteiger partial charge in [-0.3, -0.25) is 0 Å². The second-order valence-electron chi connectivity index (χ2n) is 5.59. The molecule has 2 fully saturated rings. The van der Waals surface area contributed by atoms with Gasteiger partial charge < -0.3 is 4.90 Å². The summed E-state index contributed by atoms with van der Waals surface area (Å²) in [6.45, 7) is 8.89. The monoisotopic (exact) mass is 195 g/mol. The van der Waals surface area contributed by atoms with Crippen LogP contribution >= 0.6 is 0 Å². The van der Waals surface area contributed by atoms with Gasteiger partial charge in [-0.2, -0.15) is 0 Å². The molecule has 0 bridgehead atoms. The maximum Gasteiger partial charge on any atom is 0.000986 e. The molecule has 82 valence electrons. The van der Waals surface area contributed by atoms with E-state index in [0.717, 1.165) is 17.8 Å². The van der Waals surface area contributed by atoms with Crippen LogP contribution in [0, 0.1) is 17.8 Å². The van der Waals surface area contributed by atoms with Crippen LogP contribution in [0.25, 0.3) is 0 Å². The average molecular weight is 195 g/mol. The van der Waals surface area contributed by atoms with E-state index in [-0.39, 0.29) is 0 Å². The van der Waals surface area contributed by atoms with Crippen molar-refractivity contribution in [2.24, 2.45) is 17.8 Å². The molecule has 0 aromatic carbocycles. The fourth-order valence-electron chi connectivity index (χ4n) is 3.16. The largest absolute Gasteiger partial charge is 0.303 e. The number of likely N-dealkylation sites (tertiary alicyclic amines) is 1. The summed E-state index contributed by atoms with van der Waals surface area (Å²) in [7, 11) is 0. The molecule has 1 heterocycles. The van der Waals surface area contributed by atoms with Crippen LogP contribution in [0.1, 0.15) is 46.0 Å². The maximum absolute atomic E-state index is 2.71. The molecule has 1 nitrogen and oxygen atoms in total. The molecule has 0 atom stereocenters.